The van der Waals surface area contributed by atoms with Gasteiger partial charge in [-0.05, 0) is 46.6 Å². The number of aromatic nitrogens is 2. The second-order valence-electron chi connectivity index (χ2n) is 5.45. The molecule has 9 heteroatoms. The predicted molar refractivity (Wildman–Crippen MR) is 99.2 cm³/mol. The van der Waals surface area contributed by atoms with Crippen LogP contribution in [0, 0.1) is 6.92 Å². The number of hydrogen-bond donors (Lipinski definition) is 1. The quantitative estimate of drug-likeness (QED) is 0.635. The van der Waals surface area contributed by atoms with E-state index in [0.717, 1.165) is 11.1 Å². The Labute approximate surface area is 159 Å². The molecule has 7 nitrogen and oxygen atoms in total. The molecule has 0 fully saturated rings. The summed E-state index contributed by atoms with van der Waals surface area (Å²) in [6, 6.07) is 12.1. The van der Waals surface area contributed by atoms with Crippen LogP contribution in [0.15, 0.2) is 56.4 Å². The third-order valence-electron chi connectivity index (χ3n) is 3.70. The summed E-state index contributed by atoms with van der Waals surface area (Å²) in [5.41, 5.74) is 1.84. The second kappa shape index (κ2) is 7.56. The van der Waals surface area contributed by atoms with Gasteiger partial charge < -0.3 is 9.26 Å². The Morgan fingerprint density at radius 3 is 2.69 bits per heavy atom. The number of nitrogens with one attached hydrogen (secondary N) is 1. The highest BCUT2D eigenvalue weighted by Crippen LogP contribution is 2.27. The standard InChI is InChI=1S/C17H16BrN3O4S/c1-11-5-3-4-6-13(11)17-20-16(25-21-17)10-19-26(22,23)12-7-8-15(24-2)14(18)9-12/h3-9,19H,10H2,1-2H3. The van der Waals surface area contributed by atoms with E-state index in [-0.39, 0.29) is 17.3 Å². The van der Waals surface area contributed by atoms with Gasteiger partial charge >= 0.3 is 0 Å². The van der Waals surface area contributed by atoms with Crippen molar-refractivity contribution >= 4 is 26.0 Å². The monoisotopic (exact) mass is 437 g/mol. The van der Waals surface area contributed by atoms with Crippen LogP contribution in [-0.2, 0) is 16.6 Å². The summed E-state index contributed by atoms with van der Waals surface area (Å²) >= 11 is 3.27. The van der Waals surface area contributed by atoms with Crippen LogP contribution in [0.5, 0.6) is 5.75 Å². The summed E-state index contributed by atoms with van der Waals surface area (Å²) in [6.07, 6.45) is 0. The van der Waals surface area contributed by atoms with Crippen molar-refractivity contribution in [2.24, 2.45) is 0 Å². The number of sulfonamides is 1. The van der Waals surface area contributed by atoms with Gasteiger partial charge in [0.25, 0.3) is 0 Å². The summed E-state index contributed by atoms with van der Waals surface area (Å²) in [5.74, 6) is 1.15. The zero-order valence-corrected chi connectivity index (χ0v) is 16.5. The molecule has 0 bridgehead atoms. The molecule has 1 heterocycles. The maximum absolute atomic E-state index is 12.4. The molecule has 0 saturated carbocycles. The molecule has 136 valence electrons. The molecule has 2 aromatic carbocycles. The number of hydrogen-bond acceptors (Lipinski definition) is 6. The molecule has 0 radical (unpaired) electrons. The van der Waals surface area contributed by atoms with E-state index >= 15 is 0 Å². The fourth-order valence-electron chi connectivity index (χ4n) is 2.31. The Kier molecular flexibility index (Phi) is 5.40. The van der Waals surface area contributed by atoms with E-state index in [0.29, 0.717) is 16.0 Å². The normalized spacial score (nSPS) is 11.5. The highest BCUT2D eigenvalue weighted by Gasteiger charge is 2.18. The van der Waals surface area contributed by atoms with E-state index < -0.39 is 10.0 Å². The van der Waals surface area contributed by atoms with E-state index in [4.69, 9.17) is 9.26 Å². The third-order valence-corrected chi connectivity index (χ3v) is 5.72. The molecule has 0 amide bonds. The lowest BCUT2D eigenvalue weighted by Gasteiger charge is -2.07. The molecule has 0 aliphatic heterocycles. The van der Waals surface area contributed by atoms with Gasteiger partial charge in [0.15, 0.2) is 0 Å². The lowest BCUT2D eigenvalue weighted by Crippen LogP contribution is -2.23. The molecule has 1 aromatic heterocycles. The molecule has 0 saturated heterocycles. The van der Waals surface area contributed by atoms with Gasteiger partial charge in [0.05, 0.1) is 23.0 Å². The Balaban J connectivity index is 1.75. The maximum Gasteiger partial charge on any atom is 0.242 e. The highest BCUT2D eigenvalue weighted by atomic mass is 79.9. The van der Waals surface area contributed by atoms with Crippen LogP contribution in [0.25, 0.3) is 11.4 Å². The topological polar surface area (TPSA) is 94.3 Å². The van der Waals surface area contributed by atoms with Gasteiger partial charge in [-0.25, -0.2) is 13.1 Å². The van der Waals surface area contributed by atoms with Crippen molar-refractivity contribution in [2.75, 3.05) is 7.11 Å². The lowest BCUT2D eigenvalue weighted by molar-refractivity contribution is 0.376. The fraction of sp³-hybridized carbons (Fsp3) is 0.176. The Bertz CT molecular complexity index is 1030. The molecular formula is C17H16BrN3O4S. The van der Waals surface area contributed by atoms with Crippen LogP contribution >= 0.6 is 15.9 Å². The minimum Gasteiger partial charge on any atom is -0.496 e. The molecule has 1 N–H and O–H groups in total. The van der Waals surface area contributed by atoms with Crippen LogP contribution in [0.3, 0.4) is 0 Å². The zero-order valence-electron chi connectivity index (χ0n) is 14.1. The SMILES string of the molecule is COc1ccc(S(=O)(=O)NCc2nc(-c3ccccc3C)no2)cc1Br. The number of halogens is 1. The van der Waals surface area contributed by atoms with Crippen molar-refractivity contribution in [3.63, 3.8) is 0 Å². The van der Waals surface area contributed by atoms with Crippen molar-refractivity contribution in [1.29, 1.82) is 0 Å². The van der Waals surface area contributed by atoms with Crippen LogP contribution in [-0.4, -0.2) is 25.7 Å². The number of methoxy groups -OCH3 is 1. The smallest absolute Gasteiger partial charge is 0.242 e. The molecule has 0 unspecified atom stereocenters. The van der Waals surface area contributed by atoms with Gasteiger partial charge in [0.2, 0.25) is 21.7 Å². The van der Waals surface area contributed by atoms with Gasteiger partial charge in [-0.1, -0.05) is 29.4 Å². The minimum absolute atomic E-state index is 0.101. The van der Waals surface area contributed by atoms with E-state index in [9.17, 15) is 8.42 Å². The summed E-state index contributed by atoms with van der Waals surface area (Å²) < 4.78 is 38.1. The summed E-state index contributed by atoms with van der Waals surface area (Å²) in [6.45, 7) is 1.83. The third kappa shape index (κ3) is 3.95. The van der Waals surface area contributed by atoms with E-state index in [1.807, 2.05) is 31.2 Å². The number of rotatable bonds is 6. The van der Waals surface area contributed by atoms with E-state index in [1.54, 1.807) is 6.07 Å². The first-order valence-corrected chi connectivity index (χ1v) is 9.90. The summed E-state index contributed by atoms with van der Waals surface area (Å²) in [4.78, 5) is 4.35. The maximum atomic E-state index is 12.4. The molecule has 0 spiro atoms. The molecule has 0 aliphatic rings. The minimum atomic E-state index is -3.73. The van der Waals surface area contributed by atoms with Gasteiger partial charge in [-0.15, -0.1) is 0 Å². The molecule has 3 rings (SSSR count). The van der Waals surface area contributed by atoms with Crippen molar-refractivity contribution in [3.8, 4) is 17.1 Å². The fourth-order valence-corrected chi connectivity index (χ4v) is 4.01. The van der Waals surface area contributed by atoms with Gasteiger partial charge in [-0.3, -0.25) is 0 Å². The molecule has 26 heavy (non-hydrogen) atoms. The number of nitrogens with zero attached hydrogens (tertiary/aromatic N) is 2. The van der Waals surface area contributed by atoms with E-state index in [2.05, 4.69) is 30.8 Å². The van der Waals surface area contributed by atoms with Crippen molar-refractivity contribution in [1.82, 2.24) is 14.9 Å². The molecule has 3 aromatic rings. The Morgan fingerprint density at radius 2 is 2.00 bits per heavy atom. The first kappa shape index (κ1) is 18.6. The van der Waals surface area contributed by atoms with Crippen molar-refractivity contribution < 1.29 is 17.7 Å². The van der Waals surface area contributed by atoms with Gasteiger partial charge in [-0.2, -0.15) is 4.98 Å². The van der Waals surface area contributed by atoms with Crippen LogP contribution in [0.2, 0.25) is 0 Å². The average molecular weight is 438 g/mol. The van der Waals surface area contributed by atoms with Gasteiger partial charge in [0, 0.05) is 5.56 Å². The van der Waals surface area contributed by atoms with E-state index in [1.165, 1.54) is 19.2 Å². The van der Waals surface area contributed by atoms with Crippen LogP contribution in [0.4, 0.5) is 0 Å². The molecular weight excluding hydrogens is 422 g/mol. The second-order valence-corrected chi connectivity index (χ2v) is 8.07. The number of benzene rings is 2. The lowest BCUT2D eigenvalue weighted by atomic mass is 10.1. The number of ether oxygens (including phenoxy) is 1. The van der Waals surface area contributed by atoms with Crippen LogP contribution in [0.1, 0.15) is 11.5 Å². The molecule has 0 atom stereocenters. The zero-order chi connectivity index (χ0) is 18.7. The first-order chi connectivity index (χ1) is 12.4. The average Bonchev–Trinajstić information content (AvgIpc) is 3.09. The van der Waals surface area contributed by atoms with Crippen molar-refractivity contribution in [3.05, 3.63) is 58.4 Å². The highest BCUT2D eigenvalue weighted by molar-refractivity contribution is 9.10. The van der Waals surface area contributed by atoms with Crippen molar-refractivity contribution in [2.45, 2.75) is 18.4 Å². The van der Waals surface area contributed by atoms with Crippen LogP contribution < -0.4 is 9.46 Å². The number of aryl methyl sites for hydroxylation is 1. The largest absolute Gasteiger partial charge is 0.496 e. The predicted octanol–water partition coefficient (Wildman–Crippen LogP) is 3.29. The first-order valence-electron chi connectivity index (χ1n) is 7.62. The summed E-state index contributed by atoms with van der Waals surface area (Å²) in [5, 5.41) is 3.91. The Hall–Kier alpha value is -2.23. The van der Waals surface area contributed by atoms with Gasteiger partial charge in [0.1, 0.15) is 5.75 Å². The molecule has 0 aliphatic carbocycles. The Morgan fingerprint density at radius 1 is 1.23 bits per heavy atom. The summed E-state index contributed by atoms with van der Waals surface area (Å²) in [7, 11) is -2.22.